The van der Waals surface area contributed by atoms with Gasteiger partial charge in [-0.05, 0) is 18.6 Å². The summed E-state index contributed by atoms with van der Waals surface area (Å²) >= 11 is 0. The molecule has 0 aliphatic carbocycles. The largest absolute Gasteiger partial charge is 0.507 e. The second-order valence-corrected chi connectivity index (χ2v) is 2.77. The van der Waals surface area contributed by atoms with E-state index in [1.807, 2.05) is 6.92 Å². The number of esters is 1. The highest BCUT2D eigenvalue weighted by atomic mass is 19.1. The highest BCUT2D eigenvalue weighted by Gasteiger charge is 2.17. The Labute approximate surface area is 81.1 Å². The highest BCUT2D eigenvalue weighted by Crippen LogP contribution is 2.20. The normalized spacial score (nSPS) is 9.86. The van der Waals surface area contributed by atoms with Crippen LogP contribution in [0, 0.1) is 5.82 Å². The van der Waals surface area contributed by atoms with Crippen molar-refractivity contribution in [1.82, 2.24) is 0 Å². The number of phenols is 1. The number of benzene rings is 1. The van der Waals surface area contributed by atoms with Crippen LogP contribution in [0.2, 0.25) is 0 Å². The lowest BCUT2D eigenvalue weighted by atomic mass is 10.2. The molecule has 0 radical (unpaired) electrons. The van der Waals surface area contributed by atoms with Crippen LogP contribution in [0.25, 0.3) is 0 Å². The number of halogens is 1. The van der Waals surface area contributed by atoms with Gasteiger partial charge in [-0.2, -0.15) is 0 Å². The lowest BCUT2D eigenvalue weighted by molar-refractivity contribution is 0.0496. The van der Waals surface area contributed by atoms with Gasteiger partial charge in [0.2, 0.25) is 0 Å². The Morgan fingerprint density at radius 3 is 2.86 bits per heavy atom. The van der Waals surface area contributed by atoms with Gasteiger partial charge in [0, 0.05) is 0 Å². The molecule has 0 unspecified atom stereocenters. The van der Waals surface area contributed by atoms with Crippen LogP contribution in [0.5, 0.6) is 5.75 Å². The lowest BCUT2D eigenvalue weighted by Crippen LogP contribution is -2.08. The predicted molar refractivity (Wildman–Crippen MR) is 48.6 cm³/mol. The molecule has 0 aliphatic rings. The van der Waals surface area contributed by atoms with E-state index in [1.165, 1.54) is 12.1 Å². The summed E-state index contributed by atoms with van der Waals surface area (Å²) in [4.78, 5) is 11.2. The number of carbonyl (C=O) groups excluding carboxylic acids is 1. The maximum atomic E-state index is 13.1. The number of hydrogen-bond acceptors (Lipinski definition) is 3. The molecule has 0 bridgehead atoms. The standard InChI is InChI=1S/C10H11FO3/c1-2-6-14-10(13)9-7(11)4-3-5-8(9)12/h3-5,12H,2,6H2,1H3. The molecule has 0 atom stereocenters. The minimum absolute atomic E-state index is 0.215. The van der Waals surface area contributed by atoms with E-state index in [1.54, 1.807) is 0 Å². The van der Waals surface area contributed by atoms with Crippen LogP contribution in [-0.2, 0) is 4.74 Å². The van der Waals surface area contributed by atoms with Crippen molar-refractivity contribution in [3.8, 4) is 5.75 Å². The van der Waals surface area contributed by atoms with Crippen molar-refractivity contribution < 1.29 is 19.0 Å². The summed E-state index contributed by atoms with van der Waals surface area (Å²) < 4.78 is 17.8. The summed E-state index contributed by atoms with van der Waals surface area (Å²) in [7, 11) is 0. The van der Waals surface area contributed by atoms with E-state index in [2.05, 4.69) is 0 Å². The number of phenolic OH excluding ortho intramolecular Hbond substituents is 1. The SMILES string of the molecule is CCCOC(=O)c1c(O)cccc1F. The van der Waals surface area contributed by atoms with Crippen molar-refractivity contribution in [2.75, 3.05) is 6.61 Å². The van der Waals surface area contributed by atoms with Gasteiger partial charge in [0.05, 0.1) is 6.61 Å². The Hall–Kier alpha value is -1.58. The molecule has 1 aromatic rings. The molecule has 76 valence electrons. The fourth-order valence-electron chi connectivity index (χ4n) is 0.982. The van der Waals surface area contributed by atoms with Gasteiger partial charge < -0.3 is 9.84 Å². The lowest BCUT2D eigenvalue weighted by Gasteiger charge is -2.05. The maximum absolute atomic E-state index is 13.1. The molecule has 0 aromatic heterocycles. The van der Waals surface area contributed by atoms with E-state index in [-0.39, 0.29) is 6.61 Å². The first-order chi connectivity index (χ1) is 6.66. The average Bonchev–Trinajstić information content (AvgIpc) is 2.14. The van der Waals surface area contributed by atoms with Crippen molar-refractivity contribution in [3.05, 3.63) is 29.6 Å². The molecular formula is C10H11FO3. The summed E-state index contributed by atoms with van der Waals surface area (Å²) in [6.07, 6.45) is 0.654. The Balaban J connectivity index is 2.89. The van der Waals surface area contributed by atoms with Crippen molar-refractivity contribution in [3.63, 3.8) is 0 Å². The minimum atomic E-state index is -0.831. The van der Waals surface area contributed by atoms with Gasteiger partial charge >= 0.3 is 5.97 Å². The molecule has 0 saturated heterocycles. The number of rotatable bonds is 3. The maximum Gasteiger partial charge on any atom is 0.344 e. The van der Waals surface area contributed by atoms with Gasteiger partial charge in [-0.1, -0.05) is 13.0 Å². The van der Waals surface area contributed by atoms with Crippen LogP contribution in [0.4, 0.5) is 4.39 Å². The average molecular weight is 198 g/mol. The minimum Gasteiger partial charge on any atom is -0.507 e. The summed E-state index contributed by atoms with van der Waals surface area (Å²) in [5.41, 5.74) is -0.402. The monoisotopic (exact) mass is 198 g/mol. The number of hydrogen-bond donors (Lipinski definition) is 1. The van der Waals surface area contributed by atoms with E-state index in [0.717, 1.165) is 6.07 Å². The van der Waals surface area contributed by atoms with Crippen LogP contribution in [0.1, 0.15) is 23.7 Å². The second-order valence-electron chi connectivity index (χ2n) is 2.77. The summed E-state index contributed by atoms with van der Waals surface area (Å²) in [6, 6.07) is 3.66. The Morgan fingerprint density at radius 1 is 1.57 bits per heavy atom. The molecule has 0 fully saturated rings. The molecule has 4 heteroatoms. The first kappa shape index (κ1) is 10.5. The van der Waals surface area contributed by atoms with Gasteiger partial charge in [0.1, 0.15) is 17.1 Å². The van der Waals surface area contributed by atoms with E-state index < -0.39 is 23.1 Å². The smallest absolute Gasteiger partial charge is 0.344 e. The second kappa shape index (κ2) is 4.60. The molecule has 1 aromatic carbocycles. The van der Waals surface area contributed by atoms with Gasteiger partial charge in [-0.25, -0.2) is 9.18 Å². The summed E-state index contributed by atoms with van der Waals surface area (Å²) in [6.45, 7) is 2.04. The van der Waals surface area contributed by atoms with Crippen LogP contribution in [-0.4, -0.2) is 17.7 Å². The zero-order valence-corrected chi connectivity index (χ0v) is 7.79. The summed E-state index contributed by atoms with van der Waals surface area (Å²) in [5.74, 6) is -2.00. The molecule has 0 aliphatic heterocycles. The fraction of sp³-hybridized carbons (Fsp3) is 0.300. The van der Waals surface area contributed by atoms with Crippen LogP contribution < -0.4 is 0 Å². The number of aromatic hydroxyl groups is 1. The first-order valence-corrected chi connectivity index (χ1v) is 4.31. The van der Waals surface area contributed by atoms with E-state index in [4.69, 9.17) is 4.74 Å². The Morgan fingerprint density at radius 2 is 2.29 bits per heavy atom. The van der Waals surface area contributed by atoms with Gasteiger partial charge in [0.15, 0.2) is 0 Å². The third-order valence-corrected chi connectivity index (χ3v) is 1.63. The molecule has 0 spiro atoms. The van der Waals surface area contributed by atoms with Crippen molar-refractivity contribution in [2.45, 2.75) is 13.3 Å². The molecule has 14 heavy (non-hydrogen) atoms. The molecule has 0 heterocycles. The Kier molecular flexibility index (Phi) is 3.45. The molecular weight excluding hydrogens is 187 g/mol. The van der Waals surface area contributed by atoms with Crippen molar-refractivity contribution in [2.24, 2.45) is 0 Å². The predicted octanol–water partition coefficient (Wildman–Crippen LogP) is 2.10. The Bertz CT molecular complexity index is 316. The zero-order chi connectivity index (χ0) is 10.6. The number of carbonyl (C=O) groups is 1. The zero-order valence-electron chi connectivity index (χ0n) is 7.79. The highest BCUT2D eigenvalue weighted by molar-refractivity contribution is 5.92. The van der Waals surface area contributed by atoms with Crippen LogP contribution >= 0.6 is 0 Å². The number of ether oxygens (including phenoxy) is 1. The fourth-order valence-corrected chi connectivity index (χ4v) is 0.982. The van der Waals surface area contributed by atoms with Crippen LogP contribution in [0.15, 0.2) is 18.2 Å². The van der Waals surface area contributed by atoms with E-state index in [0.29, 0.717) is 6.42 Å². The van der Waals surface area contributed by atoms with Crippen molar-refractivity contribution >= 4 is 5.97 Å². The van der Waals surface area contributed by atoms with Gasteiger partial charge in [-0.15, -0.1) is 0 Å². The van der Waals surface area contributed by atoms with Gasteiger partial charge in [0.25, 0.3) is 0 Å². The third kappa shape index (κ3) is 2.22. The third-order valence-electron chi connectivity index (χ3n) is 1.63. The molecule has 3 nitrogen and oxygen atoms in total. The van der Waals surface area contributed by atoms with E-state index >= 15 is 0 Å². The molecule has 1 N–H and O–H groups in total. The topological polar surface area (TPSA) is 46.5 Å². The van der Waals surface area contributed by atoms with Gasteiger partial charge in [-0.3, -0.25) is 0 Å². The van der Waals surface area contributed by atoms with Crippen molar-refractivity contribution in [1.29, 1.82) is 0 Å². The van der Waals surface area contributed by atoms with E-state index in [9.17, 15) is 14.3 Å². The molecule has 0 amide bonds. The molecule has 0 saturated carbocycles. The van der Waals surface area contributed by atoms with Crippen LogP contribution in [0.3, 0.4) is 0 Å². The quantitative estimate of drug-likeness (QED) is 0.756. The first-order valence-electron chi connectivity index (χ1n) is 4.31. The molecule has 1 rings (SSSR count). The summed E-state index contributed by atoms with van der Waals surface area (Å²) in [5, 5.41) is 9.22.